The van der Waals surface area contributed by atoms with Gasteiger partial charge in [-0.3, -0.25) is 0 Å². The van der Waals surface area contributed by atoms with E-state index in [2.05, 4.69) is 23.5 Å². The van der Waals surface area contributed by atoms with Gasteiger partial charge in [-0.25, -0.2) is 0 Å². The molecule has 0 unspecified atom stereocenters. The largest absolute Gasteiger partial charge is 0.508 e. The number of hydrogen-bond acceptors (Lipinski definition) is 2. The zero-order valence-corrected chi connectivity index (χ0v) is 9.61. The predicted molar refractivity (Wildman–Crippen MR) is 69.0 cm³/mol. The summed E-state index contributed by atoms with van der Waals surface area (Å²) in [6, 6.07) is 14.0. The lowest BCUT2D eigenvalue weighted by molar-refractivity contribution is 0.475. The molecule has 86 valence electrons. The number of rotatable bonds is 1. The molecule has 2 heteroatoms. The average Bonchev–Trinajstić information content (AvgIpc) is 2.39. The van der Waals surface area contributed by atoms with Gasteiger partial charge in [-0.2, -0.15) is 0 Å². The molecule has 2 aromatic carbocycles. The fourth-order valence-corrected chi connectivity index (χ4v) is 2.31. The normalized spacial score (nSPS) is 14.4. The predicted octanol–water partition coefficient (Wildman–Crippen LogP) is 2.70. The lowest BCUT2D eigenvalue weighted by Gasteiger charge is -2.17. The van der Waals surface area contributed by atoms with Crippen molar-refractivity contribution in [3.63, 3.8) is 0 Å². The first-order valence-corrected chi connectivity index (χ1v) is 5.95. The van der Waals surface area contributed by atoms with Crippen LogP contribution in [0.2, 0.25) is 0 Å². The fourth-order valence-electron chi connectivity index (χ4n) is 2.31. The van der Waals surface area contributed by atoms with Crippen LogP contribution in [0.1, 0.15) is 11.1 Å². The summed E-state index contributed by atoms with van der Waals surface area (Å²) in [6.07, 6.45) is 1.10. The van der Waals surface area contributed by atoms with Crippen LogP contribution in [0.3, 0.4) is 0 Å². The zero-order chi connectivity index (χ0) is 11.7. The number of fused-ring (bicyclic) bond motifs is 1. The second-order valence-corrected chi connectivity index (χ2v) is 4.46. The van der Waals surface area contributed by atoms with Crippen molar-refractivity contribution in [2.24, 2.45) is 0 Å². The van der Waals surface area contributed by atoms with E-state index in [1.807, 2.05) is 12.1 Å². The maximum Gasteiger partial charge on any atom is 0.115 e. The molecule has 1 heterocycles. The highest BCUT2D eigenvalue weighted by Gasteiger charge is 2.09. The SMILES string of the molecule is Oc1ccc(-c2ccc3c(c2)CCNC3)cc1. The minimum absolute atomic E-state index is 0.316. The Balaban J connectivity index is 2.01. The molecule has 0 fully saturated rings. The van der Waals surface area contributed by atoms with Gasteiger partial charge in [0.2, 0.25) is 0 Å². The van der Waals surface area contributed by atoms with Crippen LogP contribution in [0.4, 0.5) is 0 Å². The molecule has 2 nitrogen and oxygen atoms in total. The van der Waals surface area contributed by atoms with E-state index >= 15 is 0 Å². The highest BCUT2D eigenvalue weighted by molar-refractivity contribution is 5.65. The Morgan fingerprint density at radius 1 is 0.882 bits per heavy atom. The van der Waals surface area contributed by atoms with Gasteiger partial charge in [-0.1, -0.05) is 30.3 Å². The number of hydrogen-bond donors (Lipinski definition) is 2. The number of nitrogens with one attached hydrogen (secondary N) is 1. The molecule has 1 aliphatic rings. The molecule has 0 spiro atoms. The monoisotopic (exact) mass is 225 g/mol. The Bertz CT molecular complexity index is 531. The van der Waals surface area contributed by atoms with Crippen molar-refractivity contribution in [1.29, 1.82) is 0 Å². The summed E-state index contributed by atoms with van der Waals surface area (Å²) in [7, 11) is 0. The number of aromatic hydroxyl groups is 1. The van der Waals surface area contributed by atoms with E-state index in [-0.39, 0.29) is 0 Å². The van der Waals surface area contributed by atoms with Crippen molar-refractivity contribution in [3.8, 4) is 16.9 Å². The van der Waals surface area contributed by atoms with Gasteiger partial charge in [0.15, 0.2) is 0 Å². The molecular weight excluding hydrogens is 210 g/mol. The molecule has 1 aliphatic heterocycles. The first kappa shape index (κ1) is 10.4. The van der Waals surface area contributed by atoms with Crippen molar-refractivity contribution < 1.29 is 5.11 Å². The lowest BCUT2D eigenvalue weighted by Crippen LogP contribution is -2.23. The van der Waals surface area contributed by atoms with E-state index in [1.54, 1.807) is 12.1 Å². The number of benzene rings is 2. The van der Waals surface area contributed by atoms with Crippen LogP contribution < -0.4 is 5.32 Å². The van der Waals surface area contributed by atoms with E-state index in [0.29, 0.717) is 5.75 Å². The van der Waals surface area contributed by atoms with E-state index in [9.17, 15) is 5.11 Å². The summed E-state index contributed by atoms with van der Waals surface area (Å²) in [5.41, 5.74) is 5.22. The quantitative estimate of drug-likeness (QED) is 0.782. The molecule has 0 atom stereocenters. The third-order valence-corrected chi connectivity index (χ3v) is 3.29. The molecule has 17 heavy (non-hydrogen) atoms. The van der Waals surface area contributed by atoms with Crippen LogP contribution in [0.25, 0.3) is 11.1 Å². The second-order valence-electron chi connectivity index (χ2n) is 4.46. The summed E-state index contributed by atoms with van der Waals surface area (Å²) in [6.45, 7) is 2.04. The van der Waals surface area contributed by atoms with Crippen molar-refractivity contribution in [2.75, 3.05) is 6.54 Å². The highest BCUT2D eigenvalue weighted by atomic mass is 16.3. The molecule has 0 saturated carbocycles. The van der Waals surface area contributed by atoms with Gasteiger partial charge in [0.05, 0.1) is 0 Å². The van der Waals surface area contributed by atoms with Gasteiger partial charge in [0.1, 0.15) is 5.75 Å². The standard InChI is InChI=1S/C15H15NO/c17-15-5-3-11(4-6-15)12-1-2-14-10-16-8-7-13(14)9-12/h1-6,9,16-17H,7-8,10H2. The van der Waals surface area contributed by atoms with Crippen LogP contribution in [0, 0.1) is 0 Å². The third-order valence-electron chi connectivity index (χ3n) is 3.29. The second kappa shape index (κ2) is 4.22. The number of phenols is 1. The summed E-state index contributed by atoms with van der Waals surface area (Å²) < 4.78 is 0. The highest BCUT2D eigenvalue weighted by Crippen LogP contribution is 2.25. The van der Waals surface area contributed by atoms with Crippen molar-refractivity contribution in [1.82, 2.24) is 5.32 Å². The Hall–Kier alpha value is -1.80. The van der Waals surface area contributed by atoms with E-state index < -0.39 is 0 Å². The topological polar surface area (TPSA) is 32.3 Å². The molecule has 3 rings (SSSR count). The molecule has 2 aromatic rings. The lowest BCUT2D eigenvalue weighted by atomic mass is 9.95. The first-order valence-electron chi connectivity index (χ1n) is 5.95. The molecule has 0 saturated heterocycles. The van der Waals surface area contributed by atoms with Crippen LogP contribution in [-0.4, -0.2) is 11.7 Å². The van der Waals surface area contributed by atoms with Crippen LogP contribution >= 0.6 is 0 Å². The Morgan fingerprint density at radius 2 is 1.65 bits per heavy atom. The average molecular weight is 225 g/mol. The van der Waals surface area contributed by atoms with Gasteiger partial charge >= 0.3 is 0 Å². The van der Waals surface area contributed by atoms with Crippen molar-refractivity contribution in [2.45, 2.75) is 13.0 Å². The molecule has 2 N–H and O–H groups in total. The first-order chi connectivity index (χ1) is 8.33. The molecular formula is C15H15NO. The maximum atomic E-state index is 9.29. The van der Waals surface area contributed by atoms with Crippen LogP contribution in [-0.2, 0) is 13.0 Å². The van der Waals surface area contributed by atoms with Gasteiger partial charge in [0, 0.05) is 6.54 Å². The summed E-state index contributed by atoms with van der Waals surface area (Å²) >= 11 is 0. The summed E-state index contributed by atoms with van der Waals surface area (Å²) in [5.74, 6) is 0.316. The molecule has 0 aromatic heterocycles. The van der Waals surface area contributed by atoms with Crippen LogP contribution in [0.5, 0.6) is 5.75 Å². The minimum Gasteiger partial charge on any atom is -0.508 e. The van der Waals surface area contributed by atoms with Crippen molar-refractivity contribution in [3.05, 3.63) is 53.6 Å². The third kappa shape index (κ3) is 2.04. The van der Waals surface area contributed by atoms with E-state index in [1.165, 1.54) is 16.7 Å². The van der Waals surface area contributed by atoms with Gasteiger partial charge in [-0.15, -0.1) is 0 Å². The zero-order valence-electron chi connectivity index (χ0n) is 9.61. The summed E-state index contributed by atoms with van der Waals surface area (Å²) in [4.78, 5) is 0. The Morgan fingerprint density at radius 3 is 2.47 bits per heavy atom. The fraction of sp³-hybridized carbons (Fsp3) is 0.200. The molecule has 0 radical (unpaired) electrons. The van der Waals surface area contributed by atoms with Crippen LogP contribution in [0.15, 0.2) is 42.5 Å². The minimum atomic E-state index is 0.316. The van der Waals surface area contributed by atoms with Crippen molar-refractivity contribution >= 4 is 0 Å². The van der Waals surface area contributed by atoms with E-state index in [0.717, 1.165) is 25.1 Å². The van der Waals surface area contributed by atoms with Gasteiger partial charge in [0.25, 0.3) is 0 Å². The molecule has 0 amide bonds. The smallest absolute Gasteiger partial charge is 0.115 e. The molecule has 0 aliphatic carbocycles. The number of phenolic OH excluding ortho intramolecular Hbond substituents is 1. The van der Waals surface area contributed by atoms with E-state index in [4.69, 9.17) is 0 Å². The summed E-state index contributed by atoms with van der Waals surface area (Å²) in [5, 5.41) is 12.7. The Kier molecular flexibility index (Phi) is 2.57. The molecule has 0 bridgehead atoms. The Labute approximate surface area is 101 Å². The van der Waals surface area contributed by atoms with Gasteiger partial charge in [-0.05, 0) is 47.4 Å². The maximum absolute atomic E-state index is 9.29. The van der Waals surface area contributed by atoms with Gasteiger partial charge < -0.3 is 10.4 Å².